The van der Waals surface area contributed by atoms with Crippen LogP contribution in [0.4, 0.5) is 5.82 Å². The number of hydrogen-bond acceptors (Lipinski definition) is 3. The molecule has 0 saturated carbocycles. The number of fused-ring (bicyclic) bond motifs is 1. The Morgan fingerprint density at radius 3 is 2.04 bits per heavy atom. The second-order valence-corrected chi connectivity index (χ2v) is 5.17. The van der Waals surface area contributed by atoms with Crippen LogP contribution in [0.1, 0.15) is 11.1 Å². The summed E-state index contributed by atoms with van der Waals surface area (Å²) >= 11 is 0. The summed E-state index contributed by atoms with van der Waals surface area (Å²) in [5, 5.41) is 0. The van der Waals surface area contributed by atoms with E-state index in [1.165, 1.54) is 0 Å². The van der Waals surface area contributed by atoms with Crippen LogP contribution in [0.3, 0.4) is 0 Å². The average Bonchev–Trinajstić information content (AvgIpc) is 3.09. The number of rotatable bonds is 3. The fourth-order valence-electron chi connectivity index (χ4n) is 2.51. The standard InChI is InChI=1S/C20H14N2O/c1-3-7-15(8-4-1)20(16-9-5-2-6-10-16)22-19-12-11-18-17(21-19)13-14-23-18/h1-14H. The topological polar surface area (TPSA) is 38.4 Å². The molecule has 0 aliphatic rings. The zero-order chi connectivity index (χ0) is 15.5. The third-order valence-corrected chi connectivity index (χ3v) is 3.61. The van der Waals surface area contributed by atoms with Gasteiger partial charge in [-0.3, -0.25) is 0 Å². The highest BCUT2D eigenvalue weighted by atomic mass is 16.3. The monoisotopic (exact) mass is 298 g/mol. The number of aliphatic imine (C=N–C) groups is 1. The van der Waals surface area contributed by atoms with Crippen molar-refractivity contribution in [3.05, 3.63) is 96.3 Å². The van der Waals surface area contributed by atoms with Crippen molar-refractivity contribution in [2.45, 2.75) is 0 Å². The quantitative estimate of drug-likeness (QED) is 0.499. The van der Waals surface area contributed by atoms with Crippen molar-refractivity contribution in [2.24, 2.45) is 4.99 Å². The zero-order valence-electron chi connectivity index (χ0n) is 12.4. The van der Waals surface area contributed by atoms with Gasteiger partial charge in [-0.15, -0.1) is 0 Å². The minimum atomic E-state index is 0.668. The molecule has 4 rings (SSSR count). The van der Waals surface area contributed by atoms with Crippen molar-refractivity contribution in [2.75, 3.05) is 0 Å². The van der Waals surface area contributed by atoms with Crippen LogP contribution in [0, 0.1) is 0 Å². The second kappa shape index (κ2) is 5.89. The first-order valence-electron chi connectivity index (χ1n) is 7.44. The lowest BCUT2D eigenvalue weighted by Gasteiger charge is -2.07. The van der Waals surface area contributed by atoms with E-state index in [0.717, 1.165) is 27.9 Å². The minimum Gasteiger partial charge on any atom is -0.463 e. The van der Waals surface area contributed by atoms with E-state index in [-0.39, 0.29) is 0 Å². The summed E-state index contributed by atoms with van der Waals surface area (Å²) in [5.41, 5.74) is 4.61. The maximum atomic E-state index is 5.34. The number of pyridine rings is 1. The van der Waals surface area contributed by atoms with Gasteiger partial charge in [-0.25, -0.2) is 9.98 Å². The van der Waals surface area contributed by atoms with Crippen molar-refractivity contribution in [3.8, 4) is 0 Å². The molecule has 0 amide bonds. The van der Waals surface area contributed by atoms with Gasteiger partial charge >= 0.3 is 0 Å². The Hall–Kier alpha value is -3.20. The maximum absolute atomic E-state index is 5.34. The minimum absolute atomic E-state index is 0.668. The van der Waals surface area contributed by atoms with Crippen molar-refractivity contribution in [1.29, 1.82) is 0 Å². The first-order valence-corrected chi connectivity index (χ1v) is 7.44. The van der Waals surface area contributed by atoms with Crippen LogP contribution in [0.2, 0.25) is 0 Å². The number of benzene rings is 2. The maximum Gasteiger partial charge on any atom is 0.153 e. The highest BCUT2D eigenvalue weighted by Gasteiger charge is 2.08. The molecule has 0 spiro atoms. The molecule has 23 heavy (non-hydrogen) atoms. The number of furan rings is 1. The third kappa shape index (κ3) is 2.77. The highest BCUT2D eigenvalue weighted by molar-refractivity contribution is 6.13. The molecule has 2 heterocycles. The van der Waals surface area contributed by atoms with Crippen LogP contribution in [0.5, 0.6) is 0 Å². The summed E-state index contributed by atoms with van der Waals surface area (Å²) in [5.74, 6) is 0.668. The summed E-state index contributed by atoms with van der Waals surface area (Å²) in [4.78, 5) is 9.34. The molecule has 3 nitrogen and oxygen atoms in total. The largest absolute Gasteiger partial charge is 0.463 e. The molecular weight excluding hydrogens is 284 g/mol. The van der Waals surface area contributed by atoms with Gasteiger partial charge in [0, 0.05) is 17.2 Å². The summed E-state index contributed by atoms with van der Waals surface area (Å²) in [6.45, 7) is 0. The molecule has 0 unspecified atom stereocenters. The van der Waals surface area contributed by atoms with Crippen molar-refractivity contribution in [3.63, 3.8) is 0 Å². The second-order valence-electron chi connectivity index (χ2n) is 5.17. The van der Waals surface area contributed by atoms with E-state index >= 15 is 0 Å². The third-order valence-electron chi connectivity index (χ3n) is 3.61. The Morgan fingerprint density at radius 1 is 0.739 bits per heavy atom. The number of nitrogens with zero attached hydrogens (tertiary/aromatic N) is 2. The molecular formula is C20H14N2O. The van der Waals surface area contributed by atoms with Gasteiger partial charge in [-0.1, -0.05) is 60.7 Å². The predicted octanol–water partition coefficient (Wildman–Crippen LogP) is 5.00. The van der Waals surface area contributed by atoms with Crippen molar-refractivity contribution < 1.29 is 4.42 Å². The van der Waals surface area contributed by atoms with E-state index in [1.54, 1.807) is 6.26 Å². The molecule has 4 aromatic rings. The molecule has 2 aromatic carbocycles. The lowest BCUT2D eigenvalue weighted by atomic mass is 10.0. The molecule has 0 N–H and O–H groups in total. The summed E-state index contributed by atoms with van der Waals surface area (Å²) in [6, 6.07) is 25.9. The van der Waals surface area contributed by atoms with Gasteiger partial charge in [0.1, 0.15) is 5.52 Å². The molecule has 110 valence electrons. The average molecular weight is 298 g/mol. The van der Waals surface area contributed by atoms with Gasteiger partial charge < -0.3 is 4.42 Å². The van der Waals surface area contributed by atoms with Crippen LogP contribution < -0.4 is 0 Å². The van der Waals surface area contributed by atoms with E-state index in [2.05, 4.69) is 29.2 Å². The van der Waals surface area contributed by atoms with Gasteiger partial charge in [0.25, 0.3) is 0 Å². The normalized spacial score (nSPS) is 10.6. The SMILES string of the molecule is c1ccc(C(=Nc2ccc3occc3n2)c2ccccc2)cc1. The van der Waals surface area contributed by atoms with Gasteiger partial charge in [0.05, 0.1) is 12.0 Å². The van der Waals surface area contributed by atoms with E-state index in [0.29, 0.717) is 5.82 Å². The van der Waals surface area contributed by atoms with E-state index in [4.69, 9.17) is 9.41 Å². The number of hydrogen-bond donors (Lipinski definition) is 0. The van der Waals surface area contributed by atoms with Crippen LogP contribution >= 0.6 is 0 Å². The summed E-state index contributed by atoms with van der Waals surface area (Å²) < 4.78 is 5.34. The summed E-state index contributed by atoms with van der Waals surface area (Å²) in [7, 11) is 0. The first kappa shape index (κ1) is 13.5. The molecule has 0 fully saturated rings. The van der Waals surface area contributed by atoms with Crippen LogP contribution in [-0.4, -0.2) is 10.7 Å². The van der Waals surface area contributed by atoms with Crippen molar-refractivity contribution in [1.82, 2.24) is 4.98 Å². The van der Waals surface area contributed by atoms with E-state index in [9.17, 15) is 0 Å². The van der Waals surface area contributed by atoms with Gasteiger partial charge in [-0.05, 0) is 12.1 Å². The van der Waals surface area contributed by atoms with Gasteiger partial charge in [-0.2, -0.15) is 0 Å². The molecule has 2 aromatic heterocycles. The predicted molar refractivity (Wildman–Crippen MR) is 92.2 cm³/mol. The van der Waals surface area contributed by atoms with E-state index < -0.39 is 0 Å². The molecule has 0 saturated heterocycles. The highest BCUT2D eigenvalue weighted by Crippen LogP contribution is 2.20. The Labute approximate surface area is 134 Å². The lowest BCUT2D eigenvalue weighted by Crippen LogP contribution is -2.02. The Balaban J connectivity index is 1.87. The molecule has 0 radical (unpaired) electrons. The smallest absolute Gasteiger partial charge is 0.153 e. The first-order chi connectivity index (χ1) is 11.4. The molecule has 0 bridgehead atoms. The van der Waals surface area contributed by atoms with Crippen LogP contribution in [-0.2, 0) is 0 Å². The molecule has 3 heteroatoms. The summed E-state index contributed by atoms with van der Waals surface area (Å²) in [6.07, 6.45) is 1.64. The van der Waals surface area contributed by atoms with Gasteiger partial charge in [0.15, 0.2) is 11.4 Å². The zero-order valence-corrected chi connectivity index (χ0v) is 12.4. The Morgan fingerprint density at radius 2 is 1.39 bits per heavy atom. The Kier molecular flexibility index (Phi) is 3.45. The van der Waals surface area contributed by atoms with Crippen LogP contribution in [0.15, 0.2) is 94.5 Å². The van der Waals surface area contributed by atoms with Crippen LogP contribution in [0.25, 0.3) is 11.1 Å². The van der Waals surface area contributed by atoms with Crippen molar-refractivity contribution >= 4 is 22.6 Å². The van der Waals surface area contributed by atoms with Gasteiger partial charge in [0.2, 0.25) is 0 Å². The molecule has 0 aliphatic heterocycles. The van der Waals surface area contributed by atoms with E-state index in [1.807, 2.05) is 54.6 Å². The Bertz CT molecular complexity index is 915. The fourth-order valence-corrected chi connectivity index (χ4v) is 2.51. The molecule has 0 atom stereocenters. The fraction of sp³-hybridized carbons (Fsp3) is 0. The molecule has 0 aliphatic carbocycles. The lowest BCUT2D eigenvalue weighted by molar-refractivity contribution is 0.615. The number of aromatic nitrogens is 1.